The molecule has 4 rings (SSSR count). The van der Waals surface area contributed by atoms with Crippen molar-refractivity contribution < 1.29 is 22.7 Å². The molecule has 0 radical (unpaired) electrons. The number of alkyl halides is 3. The predicted molar refractivity (Wildman–Crippen MR) is 124 cm³/mol. The summed E-state index contributed by atoms with van der Waals surface area (Å²) in [7, 11) is 1.87. The maximum Gasteiger partial charge on any atom is 0.422 e. The third-order valence-corrected chi connectivity index (χ3v) is 8.00. The molecule has 0 unspecified atom stereocenters. The van der Waals surface area contributed by atoms with Gasteiger partial charge in [-0.1, -0.05) is 24.2 Å². The minimum Gasteiger partial charge on any atom is -0.460 e. The van der Waals surface area contributed by atoms with E-state index < -0.39 is 12.8 Å². The van der Waals surface area contributed by atoms with Gasteiger partial charge in [-0.15, -0.1) is 0 Å². The first-order chi connectivity index (χ1) is 16.2. The van der Waals surface area contributed by atoms with Crippen molar-refractivity contribution in [3.8, 4) is 5.19 Å². The summed E-state index contributed by atoms with van der Waals surface area (Å²) in [4.78, 5) is 20.2. The molecule has 1 aliphatic heterocycles. The standard InChI is InChI=1S/C24H33F3N4O2S/c1-30-15-19(14-28-30)13-20(32)12-18-4-2-17(3-5-18)6-9-31-10-7-21-22(8-11-31)34-23(29-21)33-16-24(25,26)27/h14-15,17-18H,2-13,16H2,1H3. The van der Waals surface area contributed by atoms with Gasteiger partial charge in [0.15, 0.2) is 6.61 Å². The van der Waals surface area contributed by atoms with Crippen LogP contribution in [0.15, 0.2) is 12.4 Å². The predicted octanol–water partition coefficient (Wildman–Crippen LogP) is 4.62. The minimum atomic E-state index is -4.34. The number of ketones is 1. The maximum atomic E-state index is 12.4. The normalized spacial score (nSPS) is 21.8. The molecule has 1 saturated carbocycles. The summed E-state index contributed by atoms with van der Waals surface area (Å²) in [6, 6.07) is 0. The third kappa shape index (κ3) is 7.53. The van der Waals surface area contributed by atoms with Crippen molar-refractivity contribution in [3.63, 3.8) is 0 Å². The van der Waals surface area contributed by atoms with Gasteiger partial charge in [-0.25, -0.2) is 4.98 Å². The van der Waals surface area contributed by atoms with E-state index in [1.807, 2.05) is 13.2 Å². The molecule has 0 amide bonds. The van der Waals surface area contributed by atoms with E-state index in [9.17, 15) is 18.0 Å². The van der Waals surface area contributed by atoms with Crippen molar-refractivity contribution in [1.82, 2.24) is 19.7 Å². The number of hydrogen-bond acceptors (Lipinski definition) is 6. The van der Waals surface area contributed by atoms with Crippen LogP contribution < -0.4 is 4.74 Å². The van der Waals surface area contributed by atoms with Crippen LogP contribution in [0.3, 0.4) is 0 Å². The summed E-state index contributed by atoms with van der Waals surface area (Å²) in [6.45, 7) is 1.55. The van der Waals surface area contributed by atoms with Crippen LogP contribution in [-0.4, -0.2) is 57.9 Å². The van der Waals surface area contributed by atoms with Crippen LogP contribution in [0.25, 0.3) is 0 Å². The van der Waals surface area contributed by atoms with Crippen molar-refractivity contribution in [2.45, 2.75) is 64.0 Å². The van der Waals surface area contributed by atoms with E-state index >= 15 is 0 Å². The summed E-state index contributed by atoms with van der Waals surface area (Å²) in [5.74, 6) is 1.53. The Balaban J connectivity index is 1.13. The van der Waals surface area contributed by atoms with Crippen molar-refractivity contribution in [1.29, 1.82) is 0 Å². The van der Waals surface area contributed by atoms with Crippen LogP contribution in [0.1, 0.15) is 54.7 Å². The van der Waals surface area contributed by atoms with Crippen LogP contribution in [0.2, 0.25) is 0 Å². The Morgan fingerprint density at radius 1 is 1.18 bits per heavy atom. The van der Waals surface area contributed by atoms with Gasteiger partial charge in [0.1, 0.15) is 5.78 Å². The van der Waals surface area contributed by atoms with E-state index in [0.717, 1.165) is 67.9 Å². The molecule has 10 heteroatoms. The Labute approximate surface area is 202 Å². The maximum absolute atomic E-state index is 12.4. The number of carbonyl (C=O) groups excluding carboxylic acids is 1. The second kappa shape index (κ2) is 11.2. The topological polar surface area (TPSA) is 60.2 Å². The molecular formula is C24H33F3N4O2S. The summed E-state index contributed by atoms with van der Waals surface area (Å²) >= 11 is 1.25. The summed E-state index contributed by atoms with van der Waals surface area (Å²) in [5, 5.41) is 4.26. The number of aromatic nitrogens is 3. The fourth-order valence-electron chi connectivity index (χ4n) is 5.09. The van der Waals surface area contributed by atoms with E-state index in [1.165, 1.54) is 24.2 Å². The highest BCUT2D eigenvalue weighted by molar-refractivity contribution is 7.13. The summed E-state index contributed by atoms with van der Waals surface area (Å²) < 4.78 is 43.7. The fourth-order valence-corrected chi connectivity index (χ4v) is 6.03. The highest BCUT2D eigenvalue weighted by Crippen LogP contribution is 2.34. The van der Waals surface area contributed by atoms with Crippen molar-refractivity contribution >= 4 is 17.1 Å². The monoisotopic (exact) mass is 498 g/mol. The van der Waals surface area contributed by atoms with Crippen LogP contribution in [0.5, 0.6) is 5.19 Å². The largest absolute Gasteiger partial charge is 0.460 e. The number of nitrogens with zero attached hydrogens (tertiary/aromatic N) is 4. The molecule has 1 fully saturated rings. The zero-order chi connectivity index (χ0) is 24.1. The number of hydrogen-bond donors (Lipinski definition) is 0. The number of carbonyl (C=O) groups is 1. The number of fused-ring (bicyclic) bond motifs is 1. The lowest BCUT2D eigenvalue weighted by Gasteiger charge is -2.30. The molecule has 0 N–H and O–H groups in total. The van der Waals surface area contributed by atoms with E-state index in [-0.39, 0.29) is 5.19 Å². The van der Waals surface area contributed by atoms with Crippen molar-refractivity contribution in [3.05, 3.63) is 28.5 Å². The first-order valence-electron chi connectivity index (χ1n) is 12.1. The lowest BCUT2D eigenvalue weighted by molar-refractivity contribution is -0.153. The van der Waals surface area contributed by atoms with Crippen molar-refractivity contribution in [2.24, 2.45) is 18.9 Å². The van der Waals surface area contributed by atoms with Gasteiger partial charge in [-0.05, 0) is 49.6 Å². The van der Waals surface area contributed by atoms with Crippen LogP contribution in [0, 0.1) is 11.8 Å². The van der Waals surface area contributed by atoms with E-state index in [0.29, 0.717) is 30.5 Å². The van der Waals surface area contributed by atoms with Gasteiger partial charge < -0.3 is 9.64 Å². The number of aryl methyl sites for hydroxylation is 1. The van der Waals surface area contributed by atoms with E-state index in [4.69, 9.17) is 4.74 Å². The van der Waals surface area contributed by atoms with Gasteiger partial charge >= 0.3 is 6.18 Å². The van der Waals surface area contributed by atoms with E-state index in [1.54, 1.807) is 10.9 Å². The first-order valence-corrected chi connectivity index (χ1v) is 12.9. The van der Waals surface area contributed by atoms with Crippen molar-refractivity contribution in [2.75, 3.05) is 26.2 Å². The number of Topliss-reactive ketones (excluding diaryl/α,β-unsaturated/α-hetero) is 1. The Kier molecular flexibility index (Phi) is 8.29. The number of ether oxygens (including phenoxy) is 1. The molecule has 0 spiro atoms. The highest BCUT2D eigenvalue weighted by atomic mass is 32.1. The number of thiazole rings is 1. The smallest absolute Gasteiger partial charge is 0.422 e. The molecule has 0 aromatic carbocycles. The molecule has 34 heavy (non-hydrogen) atoms. The average molecular weight is 499 g/mol. The van der Waals surface area contributed by atoms with E-state index in [2.05, 4.69) is 15.0 Å². The number of rotatable bonds is 9. The molecule has 2 aromatic rings. The Bertz CT molecular complexity index is 925. The molecule has 3 heterocycles. The number of halogens is 3. The molecule has 0 atom stereocenters. The molecule has 2 aliphatic rings. The fraction of sp³-hybridized carbons (Fsp3) is 0.708. The Morgan fingerprint density at radius 3 is 2.62 bits per heavy atom. The molecular weight excluding hydrogens is 465 g/mol. The molecule has 188 valence electrons. The minimum absolute atomic E-state index is 0.131. The van der Waals surface area contributed by atoms with Crippen LogP contribution >= 0.6 is 11.3 Å². The zero-order valence-corrected chi connectivity index (χ0v) is 20.5. The second-order valence-electron chi connectivity index (χ2n) is 9.71. The van der Waals surface area contributed by atoms with Gasteiger partial charge in [0.05, 0.1) is 11.9 Å². The summed E-state index contributed by atoms with van der Waals surface area (Å²) in [6.07, 6.45) is 7.88. The third-order valence-electron chi connectivity index (χ3n) is 6.93. The Morgan fingerprint density at radius 2 is 1.91 bits per heavy atom. The highest BCUT2D eigenvalue weighted by Gasteiger charge is 2.30. The second-order valence-corrected chi connectivity index (χ2v) is 10.8. The lowest BCUT2D eigenvalue weighted by Crippen LogP contribution is -2.30. The van der Waals surface area contributed by atoms with Gasteiger partial charge in [0, 0.05) is 50.5 Å². The first kappa shape index (κ1) is 25.2. The van der Waals surface area contributed by atoms with Gasteiger partial charge in [0.25, 0.3) is 5.19 Å². The van der Waals surface area contributed by atoms with Gasteiger partial charge in [-0.3, -0.25) is 9.48 Å². The van der Waals surface area contributed by atoms with Crippen LogP contribution in [-0.2, 0) is 31.1 Å². The van der Waals surface area contributed by atoms with Crippen LogP contribution in [0.4, 0.5) is 13.2 Å². The zero-order valence-electron chi connectivity index (χ0n) is 19.6. The average Bonchev–Trinajstić information content (AvgIpc) is 3.32. The molecule has 0 bridgehead atoms. The summed E-state index contributed by atoms with van der Waals surface area (Å²) in [5.41, 5.74) is 1.88. The molecule has 0 saturated heterocycles. The molecule has 2 aromatic heterocycles. The quantitative estimate of drug-likeness (QED) is 0.505. The van der Waals surface area contributed by atoms with Gasteiger partial charge in [-0.2, -0.15) is 18.3 Å². The Hall–Kier alpha value is -1.94. The molecule has 1 aliphatic carbocycles. The van der Waals surface area contributed by atoms with Gasteiger partial charge in [0.2, 0.25) is 0 Å². The molecule has 6 nitrogen and oxygen atoms in total. The lowest BCUT2D eigenvalue weighted by atomic mass is 9.78. The SMILES string of the molecule is Cn1cc(CC(=O)CC2CCC(CCN3CCc4nc(OCC(F)(F)F)sc4CC3)CC2)cn1.